The number of carbonyl (C=O) groups excluding carboxylic acids is 1. The predicted octanol–water partition coefficient (Wildman–Crippen LogP) is 2.54. The lowest BCUT2D eigenvalue weighted by atomic mass is 10.2. The van der Waals surface area contributed by atoms with Gasteiger partial charge in [-0.15, -0.1) is 0 Å². The van der Waals surface area contributed by atoms with Gasteiger partial charge in [-0.1, -0.05) is 18.2 Å². The summed E-state index contributed by atoms with van der Waals surface area (Å²) in [5.41, 5.74) is 1.34. The minimum absolute atomic E-state index is 0.0700. The lowest BCUT2D eigenvalue weighted by molar-refractivity contribution is 0.252. The second-order valence-corrected chi connectivity index (χ2v) is 8.84. The van der Waals surface area contributed by atoms with Crippen molar-refractivity contribution in [1.29, 1.82) is 0 Å². The molecule has 1 aliphatic heterocycles. The summed E-state index contributed by atoms with van der Waals surface area (Å²) in [6, 6.07) is 8.51. The lowest BCUT2D eigenvalue weighted by Gasteiger charge is -2.19. The Morgan fingerprint density at radius 2 is 1.83 bits per heavy atom. The van der Waals surface area contributed by atoms with Crippen LogP contribution in [0.1, 0.15) is 5.56 Å². The van der Waals surface area contributed by atoms with Crippen LogP contribution in [-0.2, 0) is 16.4 Å². The van der Waals surface area contributed by atoms with Crippen LogP contribution in [-0.4, -0.2) is 47.4 Å². The zero-order valence-electron chi connectivity index (χ0n) is 16.1. The van der Waals surface area contributed by atoms with Gasteiger partial charge in [-0.05, 0) is 30.2 Å². The first kappa shape index (κ1) is 20.8. The minimum atomic E-state index is -3.61. The lowest BCUT2D eigenvalue weighted by Crippen LogP contribution is -2.38. The molecule has 0 atom stereocenters. The van der Waals surface area contributed by atoms with Crippen molar-refractivity contribution < 1.29 is 22.0 Å². The number of halogens is 2. The topological polar surface area (TPSA) is 81.8 Å². The predicted molar refractivity (Wildman–Crippen MR) is 109 cm³/mol. The monoisotopic (exact) mass is 424 g/mol. The van der Waals surface area contributed by atoms with Crippen molar-refractivity contribution in [2.45, 2.75) is 6.42 Å². The van der Waals surface area contributed by atoms with E-state index in [9.17, 15) is 22.0 Å². The van der Waals surface area contributed by atoms with E-state index in [0.717, 1.165) is 17.7 Å². The molecule has 0 saturated carbocycles. The fourth-order valence-corrected chi connectivity index (χ4v) is 4.67. The third kappa shape index (κ3) is 4.58. The number of nitrogens with one attached hydrogen (secondary N) is 2. The second-order valence-electron chi connectivity index (χ2n) is 6.83. The molecule has 1 aliphatic rings. The van der Waals surface area contributed by atoms with Gasteiger partial charge in [0.15, 0.2) is 11.6 Å². The molecule has 29 heavy (non-hydrogen) atoms. The van der Waals surface area contributed by atoms with Crippen molar-refractivity contribution in [1.82, 2.24) is 5.32 Å². The second kappa shape index (κ2) is 8.24. The number of amides is 2. The van der Waals surface area contributed by atoms with Gasteiger partial charge in [-0.2, -0.15) is 0 Å². The Morgan fingerprint density at radius 3 is 2.48 bits per heavy atom. The first-order chi connectivity index (χ1) is 13.7. The van der Waals surface area contributed by atoms with Crippen LogP contribution in [0.15, 0.2) is 36.4 Å². The molecule has 0 aromatic heterocycles. The third-order valence-electron chi connectivity index (χ3n) is 4.55. The summed E-state index contributed by atoms with van der Waals surface area (Å²) < 4.78 is 54.4. The molecule has 0 saturated heterocycles. The molecule has 0 radical (unpaired) electrons. The number of urea groups is 1. The quantitative estimate of drug-likeness (QED) is 0.747. The van der Waals surface area contributed by atoms with Crippen LogP contribution in [0.2, 0.25) is 0 Å². The maximum atomic E-state index is 14.0. The largest absolute Gasteiger partial charge is 0.373 e. The Hall–Kier alpha value is -2.88. The summed E-state index contributed by atoms with van der Waals surface area (Å²) in [7, 11) is -0.604. The van der Waals surface area contributed by atoms with Crippen molar-refractivity contribution in [3.63, 3.8) is 0 Å². The zero-order valence-corrected chi connectivity index (χ0v) is 16.9. The molecule has 0 bridgehead atoms. The maximum Gasteiger partial charge on any atom is 0.319 e. The van der Waals surface area contributed by atoms with Crippen molar-refractivity contribution in [2.24, 2.45) is 0 Å². The molecule has 2 N–H and O–H groups in total. The first-order valence-electron chi connectivity index (χ1n) is 8.98. The average molecular weight is 424 g/mol. The van der Waals surface area contributed by atoms with E-state index < -0.39 is 27.7 Å². The summed E-state index contributed by atoms with van der Waals surface area (Å²) in [6.07, 6.45) is 0.642. The summed E-state index contributed by atoms with van der Waals surface area (Å²) in [5.74, 6) is -1.93. The molecule has 0 fully saturated rings. The number of carbonyl (C=O) groups is 1. The molecule has 2 aromatic rings. The van der Waals surface area contributed by atoms with Crippen LogP contribution in [0, 0.1) is 11.6 Å². The number of hydrogen-bond acceptors (Lipinski definition) is 4. The van der Waals surface area contributed by atoms with Crippen LogP contribution in [0.5, 0.6) is 0 Å². The van der Waals surface area contributed by atoms with Gasteiger partial charge in [-0.3, -0.25) is 4.31 Å². The highest BCUT2D eigenvalue weighted by atomic mass is 32.2. The molecule has 156 valence electrons. The standard InChI is InChI=1S/C19H22F2N4O3S/c1-24(2)18-15(20)11-14(12-16(18)21)23-19(26)22-8-10-29(27,28)25-9-7-13-5-3-4-6-17(13)25/h3-6,11-12H,7-10H2,1-2H3,(H2,22,23,26). The maximum absolute atomic E-state index is 14.0. The molecule has 0 unspecified atom stereocenters. The molecule has 2 amide bonds. The zero-order chi connectivity index (χ0) is 21.2. The number of sulfonamides is 1. The van der Waals surface area contributed by atoms with Crippen molar-refractivity contribution in [2.75, 3.05) is 47.5 Å². The highest BCUT2D eigenvalue weighted by Crippen LogP contribution is 2.30. The Bertz CT molecular complexity index is 1000. The first-order valence-corrected chi connectivity index (χ1v) is 10.6. The molecule has 0 aliphatic carbocycles. The highest BCUT2D eigenvalue weighted by molar-refractivity contribution is 7.92. The average Bonchev–Trinajstić information content (AvgIpc) is 3.05. The fourth-order valence-electron chi connectivity index (χ4n) is 3.24. The van der Waals surface area contributed by atoms with Gasteiger partial charge < -0.3 is 15.5 Å². The number of anilines is 3. The van der Waals surface area contributed by atoms with E-state index in [0.29, 0.717) is 18.7 Å². The molecule has 7 nitrogen and oxygen atoms in total. The number of hydrogen-bond donors (Lipinski definition) is 2. The van der Waals surface area contributed by atoms with Gasteiger partial charge in [0.05, 0.1) is 11.4 Å². The van der Waals surface area contributed by atoms with E-state index in [1.807, 2.05) is 12.1 Å². The fraction of sp³-hybridized carbons (Fsp3) is 0.316. The van der Waals surface area contributed by atoms with Gasteiger partial charge in [-0.25, -0.2) is 22.0 Å². The van der Waals surface area contributed by atoms with Crippen molar-refractivity contribution in [3.05, 3.63) is 53.6 Å². The van der Waals surface area contributed by atoms with Gasteiger partial charge in [0.1, 0.15) is 5.69 Å². The summed E-state index contributed by atoms with van der Waals surface area (Å²) >= 11 is 0. The van der Waals surface area contributed by atoms with Gasteiger partial charge >= 0.3 is 6.03 Å². The Labute approximate surface area is 168 Å². The Morgan fingerprint density at radius 1 is 1.17 bits per heavy atom. The number of nitrogens with zero attached hydrogens (tertiary/aromatic N) is 2. The Kier molecular flexibility index (Phi) is 5.92. The van der Waals surface area contributed by atoms with E-state index in [-0.39, 0.29) is 23.7 Å². The number of benzene rings is 2. The molecule has 0 spiro atoms. The van der Waals surface area contributed by atoms with Crippen LogP contribution >= 0.6 is 0 Å². The molecular formula is C19H22F2N4O3S. The molecule has 2 aromatic carbocycles. The molecular weight excluding hydrogens is 402 g/mol. The summed E-state index contributed by atoms with van der Waals surface area (Å²) in [6.45, 7) is 0.220. The van der Waals surface area contributed by atoms with E-state index >= 15 is 0 Å². The van der Waals surface area contributed by atoms with Gasteiger partial charge in [0, 0.05) is 32.9 Å². The summed E-state index contributed by atoms with van der Waals surface area (Å²) in [4.78, 5) is 13.3. The number of fused-ring (bicyclic) bond motifs is 1. The van der Waals surface area contributed by atoms with E-state index in [1.54, 1.807) is 12.1 Å². The molecule has 3 rings (SSSR count). The third-order valence-corrected chi connectivity index (χ3v) is 6.32. The van der Waals surface area contributed by atoms with Crippen LogP contribution < -0.4 is 19.8 Å². The van der Waals surface area contributed by atoms with Crippen LogP contribution in [0.3, 0.4) is 0 Å². The number of rotatable bonds is 6. The van der Waals surface area contributed by atoms with Crippen LogP contribution in [0.25, 0.3) is 0 Å². The van der Waals surface area contributed by atoms with E-state index in [4.69, 9.17) is 0 Å². The van der Waals surface area contributed by atoms with Crippen LogP contribution in [0.4, 0.5) is 30.6 Å². The number of para-hydroxylation sites is 1. The minimum Gasteiger partial charge on any atom is -0.373 e. The smallest absolute Gasteiger partial charge is 0.319 e. The van der Waals surface area contributed by atoms with Gasteiger partial charge in [0.25, 0.3) is 0 Å². The summed E-state index contributed by atoms with van der Waals surface area (Å²) in [5, 5.41) is 4.70. The van der Waals surface area contributed by atoms with E-state index in [2.05, 4.69) is 10.6 Å². The van der Waals surface area contributed by atoms with Crippen molar-refractivity contribution >= 4 is 33.1 Å². The Balaban J connectivity index is 1.57. The van der Waals surface area contributed by atoms with E-state index in [1.165, 1.54) is 23.3 Å². The SMILES string of the molecule is CN(C)c1c(F)cc(NC(=O)NCCS(=O)(=O)N2CCc3ccccc32)cc1F. The normalized spacial score (nSPS) is 13.2. The highest BCUT2D eigenvalue weighted by Gasteiger charge is 2.28. The van der Waals surface area contributed by atoms with Gasteiger partial charge in [0.2, 0.25) is 10.0 Å². The molecule has 10 heteroatoms. The van der Waals surface area contributed by atoms with Crippen molar-refractivity contribution in [3.8, 4) is 0 Å². The molecule has 1 heterocycles.